The average Bonchev–Trinajstić information content (AvgIpc) is 3.33. The molecule has 4 N–H and O–H groups in total. The molecule has 0 spiro atoms. The van der Waals surface area contributed by atoms with Crippen LogP contribution in [0.15, 0.2) is 66.9 Å². The van der Waals surface area contributed by atoms with Gasteiger partial charge in [0, 0.05) is 48.9 Å². The Balaban J connectivity index is 1.37. The van der Waals surface area contributed by atoms with Crippen LogP contribution in [0, 0.1) is 5.92 Å². The number of nitrogens with two attached hydrogens (primary N) is 1. The largest absolute Gasteiger partial charge is 0.457 e. The quantitative estimate of drug-likeness (QED) is 0.456. The van der Waals surface area contributed by atoms with E-state index in [0.29, 0.717) is 36.2 Å². The number of amides is 2. The summed E-state index contributed by atoms with van der Waals surface area (Å²) in [7, 11) is 3.93. The van der Waals surface area contributed by atoms with Crippen molar-refractivity contribution in [3.8, 4) is 11.5 Å². The number of nitrogens with zero attached hydrogens (tertiary/aromatic N) is 3. The molecule has 0 radical (unpaired) electrons. The molecule has 2 aromatic carbocycles. The molecule has 4 atom stereocenters. The molecule has 206 valence electrons. The minimum Gasteiger partial charge on any atom is -0.457 e. The fourth-order valence-corrected chi connectivity index (χ4v) is 5.72. The van der Waals surface area contributed by atoms with Crippen LogP contribution in [0.5, 0.6) is 11.5 Å². The van der Waals surface area contributed by atoms with Crippen LogP contribution in [-0.4, -0.2) is 78.5 Å². The molecule has 2 fully saturated rings. The highest BCUT2D eigenvalue weighted by molar-refractivity contribution is 6.30. The summed E-state index contributed by atoms with van der Waals surface area (Å²) in [6, 6.07) is 14.6. The second-order valence-electron chi connectivity index (χ2n) is 10.5. The van der Waals surface area contributed by atoms with Gasteiger partial charge in [0.05, 0.1) is 6.17 Å². The number of nitrogens with one attached hydrogen (secondary N) is 2. The van der Waals surface area contributed by atoms with Crippen LogP contribution in [0.4, 0.5) is 0 Å². The van der Waals surface area contributed by atoms with Crippen molar-refractivity contribution in [3.05, 3.63) is 77.5 Å². The molecular formula is C29H35ClN6O3. The first-order valence-electron chi connectivity index (χ1n) is 13.2. The summed E-state index contributed by atoms with van der Waals surface area (Å²) in [6.07, 6.45) is 6.90. The normalized spacial score (nSPS) is 25.1. The first kappa shape index (κ1) is 27.2. The van der Waals surface area contributed by atoms with Crippen molar-refractivity contribution in [2.24, 2.45) is 11.7 Å². The number of hydrogen-bond acceptors (Lipinski definition) is 7. The molecule has 3 aliphatic rings. The van der Waals surface area contributed by atoms with E-state index in [1.807, 2.05) is 66.4 Å². The van der Waals surface area contributed by atoms with Gasteiger partial charge in [0.1, 0.15) is 17.5 Å². The summed E-state index contributed by atoms with van der Waals surface area (Å²) in [6.45, 7) is 1.97. The molecule has 2 aromatic rings. The Hall–Kier alpha value is -3.37. The summed E-state index contributed by atoms with van der Waals surface area (Å²) in [5.41, 5.74) is 14.1. The number of hydrazine groups is 1. The topological polar surface area (TPSA) is 103 Å². The maximum Gasteiger partial charge on any atom is 0.257 e. The van der Waals surface area contributed by atoms with Gasteiger partial charge in [-0.1, -0.05) is 35.9 Å². The summed E-state index contributed by atoms with van der Waals surface area (Å²) in [4.78, 5) is 32.0. The smallest absolute Gasteiger partial charge is 0.257 e. The van der Waals surface area contributed by atoms with Crippen molar-refractivity contribution in [2.75, 3.05) is 33.7 Å². The van der Waals surface area contributed by atoms with E-state index in [0.717, 1.165) is 24.0 Å². The monoisotopic (exact) mass is 550 g/mol. The average molecular weight is 551 g/mol. The number of likely N-dealkylation sites (N-methyl/N-ethyl adjacent to an activating group) is 1. The van der Waals surface area contributed by atoms with Crippen LogP contribution in [0.3, 0.4) is 0 Å². The van der Waals surface area contributed by atoms with E-state index in [-0.39, 0.29) is 23.8 Å². The second-order valence-corrected chi connectivity index (χ2v) is 10.9. The maximum absolute atomic E-state index is 13.1. The predicted octanol–water partition coefficient (Wildman–Crippen LogP) is 2.80. The highest BCUT2D eigenvalue weighted by Crippen LogP contribution is 2.41. The van der Waals surface area contributed by atoms with Crippen molar-refractivity contribution < 1.29 is 14.3 Å². The van der Waals surface area contributed by atoms with Gasteiger partial charge in [-0.05, 0) is 68.4 Å². The van der Waals surface area contributed by atoms with Crippen LogP contribution in [0.2, 0.25) is 5.02 Å². The molecule has 10 heteroatoms. The van der Waals surface area contributed by atoms with E-state index in [1.165, 1.54) is 0 Å². The minimum absolute atomic E-state index is 0.00301. The van der Waals surface area contributed by atoms with Crippen molar-refractivity contribution >= 4 is 29.0 Å². The highest BCUT2D eigenvalue weighted by Gasteiger charge is 2.49. The summed E-state index contributed by atoms with van der Waals surface area (Å²) < 4.78 is 5.95. The van der Waals surface area contributed by atoms with Crippen molar-refractivity contribution in [2.45, 2.75) is 31.1 Å². The lowest BCUT2D eigenvalue weighted by Gasteiger charge is -2.43. The Morgan fingerprint density at radius 3 is 2.74 bits per heavy atom. The molecule has 2 amide bonds. The lowest BCUT2D eigenvalue weighted by molar-refractivity contribution is -0.132. The number of hydrogen-bond donors (Lipinski definition) is 3. The maximum atomic E-state index is 13.1. The van der Waals surface area contributed by atoms with Gasteiger partial charge in [0.15, 0.2) is 0 Å². The zero-order valence-corrected chi connectivity index (χ0v) is 23.0. The summed E-state index contributed by atoms with van der Waals surface area (Å²) in [5.74, 6) is 0.973. The summed E-state index contributed by atoms with van der Waals surface area (Å²) in [5, 5.41) is 0.607. The number of carbonyl (C=O) groups is 2. The lowest BCUT2D eigenvalue weighted by atomic mass is 9.86. The molecule has 39 heavy (non-hydrogen) atoms. The number of benzene rings is 2. The first-order valence-corrected chi connectivity index (χ1v) is 13.6. The first-order chi connectivity index (χ1) is 18.8. The number of halogens is 1. The Bertz CT molecular complexity index is 1260. The number of ether oxygens (including phenoxy) is 1. The third-order valence-electron chi connectivity index (χ3n) is 7.41. The molecule has 0 saturated carbocycles. The highest BCUT2D eigenvalue weighted by atomic mass is 35.5. The zero-order chi connectivity index (χ0) is 27.5. The van der Waals surface area contributed by atoms with Crippen LogP contribution in [-0.2, 0) is 9.59 Å². The van der Waals surface area contributed by atoms with E-state index in [2.05, 4.69) is 22.0 Å². The fourth-order valence-electron chi connectivity index (χ4n) is 5.54. The standard InChI is InChI=1S/C29H35ClN6O3/c1-34(2)14-5-9-25(37)35-15-4-7-21(17-35)36-18-24(26-27(36)29(38)33-32-28(26)31)19-10-12-22(13-11-19)39-23-8-3-6-20(30)16-23/h3,5-6,8-13,16,18,21,26-28,32H,4,7,14-15,17,31H2,1-2H3,(H,33,38)/b9-5+. The number of carbonyl (C=O) groups excluding carboxylic acids is 2. The van der Waals surface area contributed by atoms with Crippen molar-refractivity contribution in [1.29, 1.82) is 0 Å². The second kappa shape index (κ2) is 11.8. The van der Waals surface area contributed by atoms with Crippen LogP contribution >= 0.6 is 11.6 Å². The summed E-state index contributed by atoms with van der Waals surface area (Å²) >= 11 is 6.08. The number of likely N-dealkylation sites (tertiary alicyclic amines) is 1. The molecule has 4 unspecified atom stereocenters. The zero-order valence-electron chi connectivity index (χ0n) is 22.2. The van der Waals surface area contributed by atoms with Crippen LogP contribution < -0.4 is 21.3 Å². The number of rotatable bonds is 7. The Morgan fingerprint density at radius 2 is 2.00 bits per heavy atom. The minimum atomic E-state index is -0.457. The third-order valence-corrected chi connectivity index (χ3v) is 7.64. The molecule has 0 aliphatic carbocycles. The molecule has 9 nitrogen and oxygen atoms in total. The van der Waals surface area contributed by atoms with Gasteiger partial charge in [-0.3, -0.25) is 15.0 Å². The van der Waals surface area contributed by atoms with Gasteiger partial charge < -0.3 is 25.2 Å². The van der Waals surface area contributed by atoms with Gasteiger partial charge >= 0.3 is 0 Å². The third kappa shape index (κ3) is 6.12. The van der Waals surface area contributed by atoms with E-state index >= 15 is 0 Å². The number of fused-ring (bicyclic) bond motifs is 1. The predicted molar refractivity (Wildman–Crippen MR) is 152 cm³/mol. The Kier molecular flexibility index (Phi) is 8.23. The molecule has 5 rings (SSSR count). The lowest BCUT2D eigenvalue weighted by Crippen LogP contribution is -2.67. The molecule has 3 heterocycles. The van der Waals surface area contributed by atoms with Crippen LogP contribution in [0.25, 0.3) is 5.57 Å². The molecule has 0 bridgehead atoms. The number of piperidine rings is 1. The van der Waals surface area contributed by atoms with Crippen molar-refractivity contribution in [3.63, 3.8) is 0 Å². The van der Waals surface area contributed by atoms with E-state index in [9.17, 15) is 9.59 Å². The molecule has 0 aromatic heterocycles. The van der Waals surface area contributed by atoms with Crippen molar-refractivity contribution in [1.82, 2.24) is 25.6 Å². The molecule has 3 aliphatic heterocycles. The van der Waals surface area contributed by atoms with E-state index in [1.54, 1.807) is 18.2 Å². The van der Waals surface area contributed by atoms with Gasteiger partial charge in [0.2, 0.25) is 5.91 Å². The van der Waals surface area contributed by atoms with E-state index < -0.39 is 12.2 Å². The fraction of sp³-hybridized carbons (Fsp3) is 0.379. The van der Waals surface area contributed by atoms with Gasteiger partial charge in [0.25, 0.3) is 5.91 Å². The van der Waals surface area contributed by atoms with Gasteiger partial charge in [-0.15, -0.1) is 0 Å². The van der Waals surface area contributed by atoms with Gasteiger partial charge in [-0.2, -0.15) is 0 Å². The molecule has 2 saturated heterocycles. The van der Waals surface area contributed by atoms with Crippen LogP contribution in [0.1, 0.15) is 18.4 Å². The SMILES string of the molecule is CN(C)C/C=C/C(=O)N1CCCC(N2C=C(c3ccc(Oc4cccc(Cl)c4)cc3)C3C(N)NNC(=O)C32)C1. The Labute approximate surface area is 234 Å². The Morgan fingerprint density at radius 1 is 1.21 bits per heavy atom. The van der Waals surface area contributed by atoms with Gasteiger partial charge in [-0.25, -0.2) is 5.43 Å². The van der Waals surface area contributed by atoms with E-state index in [4.69, 9.17) is 22.1 Å². The molecular weight excluding hydrogens is 516 g/mol.